The summed E-state index contributed by atoms with van der Waals surface area (Å²) in [6, 6.07) is 13.7. The van der Waals surface area contributed by atoms with Crippen molar-refractivity contribution in [2.45, 2.75) is 17.5 Å². The molecule has 31 heavy (non-hydrogen) atoms. The molecule has 2 aliphatic rings. The van der Waals surface area contributed by atoms with E-state index in [-0.39, 0.29) is 25.6 Å². The maximum absolute atomic E-state index is 12.8. The largest absolute Gasteiger partial charge is 0.456 e. The summed E-state index contributed by atoms with van der Waals surface area (Å²) in [7, 11) is 0. The minimum absolute atomic E-state index is 0.0429. The fourth-order valence-corrected chi connectivity index (χ4v) is 4.17. The number of amides is 3. The molecule has 1 atom stereocenters. The Balaban J connectivity index is 1.52. The van der Waals surface area contributed by atoms with E-state index in [2.05, 4.69) is 10.6 Å². The van der Waals surface area contributed by atoms with Gasteiger partial charge in [0.05, 0.1) is 17.3 Å². The molecule has 0 aliphatic carbocycles. The van der Waals surface area contributed by atoms with E-state index in [9.17, 15) is 14.4 Å². The van der Waals surface area contributed by atoms with Crippen molar-refractivity contribution in [3.63, 3.8) is 0 Å². The molecule has 0 aromatic heterocycles. The number of carbonyl (C=O) groups is 3. The quantitative estimate of drug-likeness (QED) is 0.513. The van der Waals surface area contributed by atoms with Crippen molar-refractivity contribution in [2.24, 2.45) is 0 Å². The highest BCUT2D eigenvalue weighted by molar-refractivity contribution is 7.98. The number of halogens is 1. The van der Waals surface area contributed by atoms with Gasteiger partial charge in [0.25, 0.3) is 0 Å². The first-order valence-corrected chi connectivity index (χ1v) is 11.2. The molecule has 0 saturated heterocycles. The third-order valence-corrected chi connectivity index (χ3v) is 6.30. The first kappa shape index (κ1) is 21.3. The number of esters is 1. The van der Waals surface area contributed by atoms with Gasteiger partial charge < -0.3 is 15.4 Å². The van der Waals surface area contributed by atoms with Crippen molar-refractivity contribution >= 4 is 41.3 Å². The molecule has 0 saturated carbocycles. The van der Waals surface area contributed by atoms with Gasteiger partial charge in [-0.3, -0.25) is 9.69 Å². The van der Waals surface area contributed by atoms with Crippen LogP contribution in [0.5, 0.6) is 0 Å². The van der Waals surface area contributed by atoms with Crippen LogP contribution in [0.4, 0.5) is 4.79 Å². The number of nitrogens with zero attached hydrogens (tertiary/aromatic N) is 1. The number of hydrogen-bond acceptors (Lipinski definition) is 5. The lowest BCUT2D eigenvalue weighted by Crippen LogP contribution is -2.50. The van der Waals surface area contributed by atoms with E-state index in [1.807, 2.05) is 48.7 Å². The summed E-state index contributed by atoms with van der Waals surface area (Å²) in [4.78, 5) is 40.1. The second-order valence-electron chi connectivity index (χ2n) is 7.05. The van der Waals surface area contributed by atoms with Gasteiger partial charge in [0.2, 0.25) is 5.91 Å². The highest BCUT2D eigenvalue weighted by atomic mass is 35.5. The Labute approximate surface area is 188 Å². The minimum Gasteiger partial charge on any atom is -0.456 e. The zero-order valence-corrected chi connectivity index (χ0v) is 18.3. The number of rotatable bonds is 6. The summed E-state index contributed by atoms with van der Waals surface area (Å²) in [5.41, 5.74) is 2.32. The number of carbonyl (C=O) groups excluding carboxylic acids is 3. The molecule has 0 radical (unpaired) electrons. The van der Waals surface area contributed by atoms with Crippen LogP contribution < -0.4 is 10.6 Å². The van der Waals surface area contributed by atoms with Gasteiger partial charge in [-0.25, -0.2) is 9.59 Å². The van der Waals surface area contributed by atoms with Crippen LogP contribution in [0.3, 0.4) is 0 Å². The molecule has 0 bridgehead atoms. The van der Waals surface area contributed by atoms with Gasteiger partial charge in [-0.05, 0) is 35.6 Å². The third kappa shape index (κ3) is 4.40. The highest BCUT2D eigenvalue weighted by Gasteiger charge is 2.42. The van der Waals surface area contributed by atoms with E-state index in [1.54, 1.807) is 17.8 Å². The number of thioether (sulfide) groups is 1. The van der Waals surface area contributed by atoms with Crippen LogP contribution in [-0.2, 0) is 20.9 Å². The summed E-state index contributed by atoms with van der Waals surface area (Å²) in [5.74, 6) is -0.862. The van der Waals surface area contributed by atoms with Crippen molar-refractivity contribution in [2.75, 3.05) is 19.4 Å². The maximum Gasteiger partial charge on any atom is 0.338 e. The van der Waals surface area contributed by atoms with E-state index in [0.29, 0.717) is 16.3 Å². The molecule has 2 N–H and O–H groups in total. The lowest BCUT2D eigenvalue weighted by Gasteiger charge is -2.32. The zero-order valence-electron chi connectivity index (χ0n) is 16.7. The second-order valence-corrected chi connectivity index (χ2v) is 8.33. The lowest BCUT2D eigenvalue weighted by molar-refractivity contribution is -0.136. The van der Waals surface area contributed by atoms with E-state index < -0.39 is 18.0 Å². The zero-order chi connectivity index (χ0) is 22.0. The number of hydrogen-bond donors (Lipinski definition) is 2. The number of nitrogens with one attached hydrogen (secondary N) is 2. The standard InChI is InChI=1S/C22H20ClN3O4S/c1-31-15-8-6-13(7-9-15)20-19-17(12-30-21(19)28)26(22(29)25-20)11-18(27)24-10-14-4-2-3-5-16(14)23/h2-9,20H,10-12H2,1H3,(H,24,27)(H,25,29). The molecule has 3 amide bonds. The summed E-state index contributed by atoms with van der Waals surface area (Å²) in [6.45, 7) is -0.0393. The molecular formula is C22H20ClN3O4S. The van der Waals surface area contributed by atoms with Gasteiger partial charge in [-0.2, -0.15) is 0 Å². The smallest absolute Gasteiger partial charge is 0.338 e. The van der Waals surface area contributed by atoms with Crippen molar-refractivity contribution in [3.05, 3.63) is 76.0 Å². The number of benzene rings is 2. The molecule has 0 spiro atoms. The molecule has 7 nitrogen and oxygen atoms in total. The van der Waals surface area contributed by atoms with Crippen LogP contribution in [0.1, 0.15) is 17.2 Å². The Kier molecular flexibility index (Phi) is 6.20. The van der Waals surface area contributed by atoms with Gasteiger partial charge in [-0.15, -0.1) is 11.8 Å². The van der Waals surface area contributed by atoms with Crippen LogP contribution in [0.25, 0.3) is 0 Å². The number of urea groups is 1. The second kappa shape index (κ2) is 9.03. The first-order chi connectivity index (χ1) is 15.0. The summed E-state index contributed by atoms with van der Waals surface area (Å²) >= 11 is 7.72. The SMILES string of the molecule is CSc1ccc(C2NC(=O)N(CC(=O)NCc3ccccc3Cl)C3=C2C(=O)OC3)cc1. The molecule has 2 aromatic carbocycles. The van der Waals surface area contributed by atoms with Crippen molar-refractivity contribution in [1.82, 2.24) is 15.5 Å². The molecule has 2 heterocycles. The monoisotopic (exact) mass is 457 g/mol. The van der Waals surface area contributed by atoms with Crippen molar-refractivity contribution < 1.29 is 19.1 Å². The number of cyclic esters (lactones) is 1. The Bertz CT molecular complexity index is 1070. The average molecular weight is 458 g/mol. The lowest BCUT2D eigenvalue weighted by atomic mass is 9.96. The summed E-state index contributed by atoms with van der Waals surface area (Å²) in [6.07, 6.45) is 1.97. The predicted molar refractivity (Wildman–Crippen MR) is 117 cm³/mol. The van der Waals surface area contributed by atoms with Crippen LogP contribution in [0.2, 0.25) is 5.02 Å². The molecule has 2 aromatic rings. The molecule has 160 valence electrons. The highest BCUT2D eigenvalue weighted by Crippen LogP contribution is 2.35. The van der Waals surface area contributed by atoms with E-state index >= 15 is 0 Å². The van der Waals surface area contributed by atoms with Gasteiger partial charge in [0.1, 0.15) is 13.2 Å². The molecule has 4 rings (SSSR count). The van der Waals surface area contributed by atoms with Crippen LogP contribution in [0.15, 0.2) is 64.7 Å². The summed E-state index contributed by atoms with van der Waals surface area (Å²) in [5, 5.41) is 6.14. The Morgan fingerprint density at radius 3 is 2.68 bits per heavy atom. The van der Waals surface area contributed by atoms with Crippen molar-refractivity contribution in [1.29, 1.82) is 0 Å². The van der Waals surface area contributed by atoms with Crippen LogP contribution in [-0.4, -0.2) is 42.2 Å². The summed E-state index contributed by atoms with van der Waals surface area (Å²) < 4.78 is 5.20. The average Bonchev–Trinajstić information content (AvgIpc) is 3.16. The predicted octanol–water partition coefficient (Wildman–Crippen LogP) is 3.26. The third-order valence-electron chi connectivity index (χ3n) is 5.18. The molecular weight excluding hydrogens is 438 g/mol. The van der Waals surface area contributed by atoms with E-state index in [0.717, 1.165) is 16.0 Å². The van der Waals surface area contributed by atoms with Crippen molar-refractivity contribution in [3.8, 4) is 0 Å². The Morgan fingerprint density at radius 1 is 1.23 bits per heavy atom. The van der Waals surface area contributed by atoms with Gasteiger partial charge in [-0.1, -0.05) is 41.9 Å². The van der Waals surface area contributed by atoms with Crippen LogP contribution in [0, 0.1) is 0 Å². The molecule has 9 heteroatoms. The van der Waals surface area contributed by atoms with E-state index in [4.69, 9.17) is 16.3 Å². The first-order valence-electron chi connectivity index (χ1n) is 9.60. The fourth-order valence-electron chi connectivity index (χ4n) is 3.56. The number of ether oxygens (including phenoxy) is 1. The Hall–Kier alpha value is -2.97. The normalized spacial score (nSPS) is 17.9. The van der Waals surface area contributed by atoms with E-state index in [1.165, 1.54) is 4.90 Å². The van der Waals surface area contributed by atoms with Gasteiger partial charge in [0, 0.05) is 16.5 Å². The van der Waals surface area contributed by atoms with Gasteiger partial charge in [0.15, 0.2) is 0 Å². The van der Waals surface area contributed by atoms with Gasteiger partial charge >= 0.3 is 12.0 Å². The molecule has 0 fully saturated rings. The minimum atomic E-state index is -0.615. The molecule has 1 unspecified atom stereocenters. The topological polar surface area (TPSA) is 87.7 Å². The fraction of sp³-hybridized carbons (Fsp3) is 0.227. The maximum atomic E-state index is 12.8. The Morgan fingerprint density at radius 2 is 1.97 bits per heavy atom. The van der Waals surface area contributed by atoms with Crippen LogP contribution >= 0.6 is 23.4 Å². The molecule has 2 aliphatic heterocycles.